The number of amides is 1. The van der Waals surface area contributed by atoms with E-state index in [4.69, 9.17) is 0 Å². The second-order valence-corrected chi connectivity index (χ2v) is 8.37. The number of halogens is 1. The normalized spacial score (nSPS) is 28.4. The van der Waals surface area contributed by atoms with E-state index in [2.05, 4.69) is 9.97 Å². The van der Waals surface area contributed by atoms with Gasteiger partial charge in [0.1, 0.15) is 12.0 Å². The van der Waals surface area contributed by atoms with Gasteiger partial charge in [-0.1, -0.05) is 0 Å². The third kappa shape index (κ3) is 3.88. The van der Waals surface area contributed by atoms with Crippen molar-refractivity contribution in [1.29, 1.82) is 0 Å². The van der Waals surface area contributed by atoms with E-state index in [-0.39, 0.29) is 18.5 Å². The summed E-state index contributed by atoms with van der Waals surface area (Å²) in [6, 6.07) is 1.59. The van der Waals surface area contributed by atoms with Crippen LogP contribution in [0, 0.1) is 0 Å². The Bertz CT molecular complexity index is 656. The highest BCUT2D eigenvalue weighted by Crippen LogP contribution is 2.31. The SMILES string of the molecule is CN(C[C@@H]1C[C@H](F)CN1c1ccnc(N(C)C)n1)C(=O)[C@]1(O)CCSC1. The molecule has 0 bridgehead atoms. The molecule has 9 heteroatoms. The van der Waals surface area contributed by atoms with Crippen molar-refractivity contribution in [1.82, 2.24) is 14.9 Å². The van der Waals surface area contributed by atoms with Crippen molar-refractivity contribution >= 4 is 29.4 Å². The predicted octanol–water partition coefficient (Wildman–Crippen LogP) is 0.786. The Kier molecular flexibility index (Phi) is 5.57. The van der Waals surface area contributed by atoms with Crippen molar-refractivity contribution in [2.24, 2.45) is 0 Å². The molecule has 7 nitrogen and oxygen atoms in total. The number of carbonyl (C=O) groups excluding carboxylic acids is 1. The van der Waals surface area contributed by atoms with Crippen LogP contribution in [0.25, 0.3) is 0 Å². The molecule has 0 radical (unpaired) electrons. The maximum atomic E-state index is 14.1. The van der Waals surface area contributed by atoms with Crippen molar-refractivity contribution in [3.8, 4) is 0 Å². The fourth-order valence-electron chi connectivity index (χ4n) is 3.50. The van der Waals surface area contributed by atoms with Crippen LogP contribution in [0.4, 0.5) is 16.2 Å². The fraction of sp³-hybridized carbons (Fsp3) is 0.706. The fourth-order valence-corrected chi connectivity index (χ4v) is 4.74. The molecule has 3 atom stereocenters. The minimum atomic E-state index is -1.29. The number of hydrogen-bond acceptors (Lipinski definition) is 7. The van der Waals surface area contributed by atoms with Crippen molar-refractivity contribution in [3.63, 3.8) is 0 Å². The van der Waals surface area contributed by atoms with Crippen LogP contribution in [0.15, 0.2) is 12.3 Å². The van der Waals surface area contributed by atoms with Crippen LogP contribution >= 0.6 is 11.8 Å². The molecule has 144 valence electrons. The number of thioether (sulfide) groups is 1. The second-order valence-electron chi connectivity index (χ2n) is 7.27. The molecule has 1 aromatic heterocycles. The van der Waals surface area contributed by atoms with E-state index < -0.39 is 11.8 Å². The number of aromatic nitrogens is 2. The Hall–Kier alpha value is -1.61. The summed E-state index contributed by atoms with van der Waals surface area (Å²) < 4.78 is 14.1. The third-order valence-corrected chi connectivity index (χ3v) is 6.09. The molecular formula is C17H26FN5O2S. The number of carbonyl (C=O) groups is 1. The minimum absolute atomic E-state index is 0.179. The summed E-state index contributed by atoms with van der Waals surface area (Å²) in [7, 11) is 5.38. The van der Waals surface area contributed by atoms with E-state index in [1.165, 1.54) is 4.90 Å². The molecule has 2 aliphatic heterocycles. The van der Waals surface area contributed by atoms with Crippen LogP contribution in [0.2, 0.25) is 0 Å². The van der Waals surface area contributed by atoms with Gasteiger partial charge in [0.25, 0.3) is 5.91 Å². The number of nitrogens with zero attached hydrogens (tertiary/aromatic N) is 5. The molecule has 1 N–H and O–H groups in total. The molecular weight excluding hydrogens is 357 g/mol. The number of rotatable bonds is 5. The molecule has 0 aromatic carbocycles. The van der Waals surface area contributed by atoms with Crippen LogP contribution in [-0.4, -0.2) is 89.4 Å². The van der Waals surface area contributed by atoms with E-state index in [0.29, 0.717) is 36.9 Å². The van der Waals surface area contributed by atoms with Gasteiger partial charge in [0, 0.05) is 46.1 Å². The summed E-state index contributed by atoms with van der Waals surface area (Å²) in [5.74, 6) is 2.15. The van der Waals surface area contributed by atoms with E-state index in [0.717, 1.165) is 5.75 Å². The number of anilines is 2. The van der Waals surface area contributed by atoms with E-state index in [1.54, 1.807) is 36.0 Å². The zero-order valence-electron chi connectivity index (χ0n) is 15.4. The van der Waals surface area contributed by atoms with Crippen molar-refractivity contribution in [2.45, 2.75) is 30.7 Å². The first-order valence-corrected chi connectivity index (χ1v) is 9.92. The first kappa shape index (κ1) is 19.2. The first-order valence-electron chi connectivity index (χ1n) is 8.77. The molecule has 26 heavy (non-hydrogen) atoms. The molecule has 2 aliphatic rings. The predicted molar refractivity (Wildman–Crippen MR) is 102 cm³/mol. The van der Waals surface area contributed by atoms with Gasteiger partial charge in [0.05, 0.1) is 12.6 Å². The summed E-state index contributed by atoms with van der Waals surface area (Å²) in [6.45, 7) is 0.601. The van der Waals surface area contributed by atoms with Crippen molar-refractivity contribution in [2.75, 3.05) is 55.5 Å². The third-order valence-electron chi connectivity index (χ3n) is 4.92. The summed E-state index contributed by atoms with van der Waals surface area (Å²) in [5, 5.41) is 10.5. The smallest absolute Gasteiger partial charge is 0.255 e. The molecule has 1 aromatic rings. The number of hydrogen-bond donors (Lipinski definition) is 1. The van der Waals surface area contributed by atoms with E-state index in [1.807, 2.05) is 19.0 Å². The molecule has 2 saturated heterocycles. The van der Waals surface area contributed by atoms with Crippen LogP contribution in [0.5, 0.6) is 0 Å². The van der Waals surface area contributed by atoms with Gasteiger partial charge < -0.3 is 19.8 Å². The summed E-state index contributed by atoms with van der Waals surface area (Å²) >= 11 is 1.58. The Morgan fingerprint density at radius 3 is 2.92 bits per heavy atom. The molecule has 1 amide bonds. The Morgan fingerprint density at radius 2 is 2.27 bits per heavy atom. The average Bonchev–Trinajstić information content (AvgIpc) is 3.21. The average molecular weight is 383 g/mol. The lowest BCUT2D eigenvalue weighted by Gasteiger charge is -2.32. The van der Waals surface area contributed by atoms with E-state index in [9.17, 15) is 14.3 Å². The Labute approximate surface area is 157 Å². The molecule has 3 heterocycles. The maximum Gasteiger partial charge on any atom is 0.255 e. The molecule has 3 rings (SSSR count). The quantitative estimate of drug-likeness (QED) is 0.806. The van der Waals surface area contributed by atoms with Crippen molar-refractivity contribution < 1.29 is 14.3 Å². The largest absolute Gasteiger partial charge is 0.379 e. The van der Waals surface area contributed by atoms with Gasteiger partial charge >= 0.3 is 0 Å². The standard InChI is InChI=1S/C17H26FN5O2S/c1-21(2)16-19-6-4-14(20-16)23-9-12(18)8-13(23)10-22(3)15(24)17(25)5-7-26-11-17/h4,6,12-13,25H,5,7-11H2,1-3H3/t12-,13-,17-/m0/s1. The highest BCUT2D eigenvalue weighted by atomic mass is 32.2. The lowest BCUT2D eigenvalue weighted by Crippen LogP contribution is -2.51. The lowest BCUT2D eigenvalue weighted by molar-refractivity contribution is -0.147. The Morgan fingerprint density at radius 1 is 1.50 bits per heavy atom. The second kappa shape index (κ2) is 7.56. The Balaban J connectivity index is 1.73. The molecule has 0 unspecified atom stereocenters. The zero-order valence-corrected chi connectivity index (χ0v) is 16.2. The van der Waals surface area contributed by atoms with Crippen LogP contribution in [-0.2, 0) is 4.79 Å². The highest BCUT2D eigenvalue weighted by Gasteiger charge is 2.43. The zero-order chi connectivity index (χ0) is 18.9. The first-order chi connectivity index (χ1) is 12.3. The van der Waals surface area contributed by atoms with Crippen LogP contribution in [0.1, 0.15) is 12.8 Å². The number of alkyl halides is 1. The monoisotopic (exact) mass is 383 g/mol. The van der Waals surface area contributed by atoms with Crippen LogP contribution in [0.3, 0.4) is 0 Å². The summed E-state index contributed by atoms with van der Waals surface area (Å²) in [5.41, 5.74) is -1.29. The lowest BCUT2D eigenvalue weighted by atomic mass is 10.0. The van der Waals surface area contributed by atoms with Gasteiger partial charge in [-0.3, -0.25) is 4.79 Å². The molecule has 0 aliphatic carbocycles. The van der Waals surface area contributed by atoms with Crippen molar-refractivity contribution in [3.05, 3.63) is 12.3 Å². The maximum absolute atomic E-state index is 14.1. The molecule has 2 fully saturated rings. The summed E-state index contributed by atoms with van der Waals surface area (Å²) in [4.78, 5) is 26.6. The van der Waals surface area contributed by atoms with Crippen LogP contribution < -0.4 is 9.80 Å². The molecule has 0 saturated carbocycles. The van der Waals surface area contributed by atoms with Gasteiger partial charge in [-0.05, 0) is 18.2 Å². The number of aliphatic hydroxyl groups is 1. The van der Waals surface area contributed by atoms with Gasteiger partial charge in [-0.25, -0.2) is 9.37 Å². The van der Waals surface area contributed by atoms with Gasteiger partial charge in [-0.15, -0.1) is 0 Å². The minimum Gasteiger partial charge on any atom is -0.379 e. The summed E-state index contributed by atoms with van der Waals surface area (Å²) in [6.07, 6.45) is 1.50. The topological polar surface area (TPSA) is 72.8 Å². The van der Waals surface area contributed by atoms with Gasteiger partial charge in [0.15, 0.2) is 5.60 Å². The number of likely N-dealkylation sites (N-methyl/N-ethyl adjacent to an activating group) is 1. The van der Waals surface area contributed by atoms with Gasteiger partial charge in [0.2, 0.25) is 5.95 Å². The molecule has 0 spiro atoms. The van der Waals surface area contributed by atoms with E-state index >= 15 is 0 Å². The van der Waals surface area contributed by atoms with Gasteiger partial charge in [-0.2, -0.15) is 16.7 Å². The highest BCUT2D eigenvalue weighted by molar-refractivity contribution is 7.99.